The van der Waals surface area contributed by atoms with E-state index in [0.717, 1.165) is 42.4 Å². The molecule has 0 aliphatic carbocycles. The minimum Gasteiger partial charge on any atom is -0.481 e. The number of nitrogens with one attached hydrogen (secondary N) is 1. The van der Waals surface area contributed by atoms with Crippen LogP contribution >= 0.6 is 0 Å². The van der Waals surface area contributed by atoms with Crippen LogP contribution < -0.4 is 5.32 Å². The highest BCUT2D eigenvalue weighted by Crippen LogP contribution is 2.28. The lowest BCUT2D eigenvalue weighted by Gasteiger charge is -2.17. The fraction of sp³-hybridized carbons (Fsp3) is 0.308. The van der Waals surface area contributed by atoms with Gasteiger partial charge in [-0.3, -0.25) is 9.78 Å². The molecule has 3 heterocycles. The lowest BCUT2D eigenvalue weighted by atomic mass is 10.1. The van der Waals surface area contributed by atoms with Crippen molar-refractivity contribution in [1.29, 1.82) is 0 Å². The highest BCUT2D eigenvalue weighted by Gasteiger charge is 2.22. The summed E-state index contributed by atoms with van der Waals surface area (Å²) in [6, 6.07) is 3.69. The number of hydrogen-bond donors (Lipinski definition) is 2. The zero-order valence-electron chi connectivity index (χ0n) is 10.3. The second-order valence-corrected chi connectivity index (χ2v) is 4.47. The van der Waals surface area contributed by atoms with Crippen molar-refractivity contribution in [1.82, 2.24) is 14.5 Å². The van der Waals surface area contributed by atoms with E-state index in [1.807, 2.05) is 16.7 Å². The van der Waals surface area contributed by atoms with Crippen LogP contribution in [0.3, 0.4) is 0 Å². The molecule has 0 spiro atoms. The van der Waals surface area contributed by atoms with Gasteiger partial charge in [0, 0.05) is 31.0 Å². The summed E-state index contributed by atoms with van der Waals surface area (Å²) in [4.78, 5) is 19.6. The van der Waals surface area contributed by atoms with Crippen LogP contribution in [0, 0.1) is 0 Å². The average Bonchev–Trinajstić information content (AvgIpc) is 2.78. The van der Waals surface area contributed by atoms with Crippen LogP contribution in [0.4, 0.5) is 5.95 Å². The average molecular weight is 258 g/mol. The SMILES string of the molecule is O=C(O)Cc1c(-c2ccncc2)nc2n1CCCN2. The van der Waals surface area contributed by atoms with E-state index in [4.69, 9.17) is 5.11 Å². The third-order valence-corrected chi connectivity index (χ3v) is 3.19. The van der Waals surface area contributed by atoms with Crippen molar-refractivity contribution in [2.45, 2.75) is 19.4 Å². The summed E-state index contributed by atoms with van der Waals surface area (Å²) in [6.07, 6.45) is 4.33. The lowest BCUT2D eigenvalue weighted by molar-refractivity contribution is -0.136. The summed E-state index contributed by atoms with van der Waals surface area (Å²) in [5, 5.41) is 12.3. The van der Waals surface area contributed by atoms with Crippen molar-refractivity contribution in [2.75, 3.05) is 11.9 Å². The van der Waals surface area contributed by atoms with E-state index in [0.29, 0.717) is 0 Å². The maximum absolute atomic E-state index is 11.1. The van der Waals surface area contributed by atoms with Crippen molar-refractivity contribution in [3.8, 4) is 11.3 Å². The zero-order chi connectivity index (χ0) is 13.2. The van der Waals surface area contributed by atoms with Crippen molar-refractivity contribution in [3.63, 3.8) is 0 Å². The normalized spacial score (nSPS) is 13.7. The van der Waals surface area contributed by atoms with Gasteiger partial charge in [-0.15, -0.1) is 0 Å². The first-order valence-electron chi connectivity index (χ1n) is 6.21. The fourth-order valence-corrected chi connectivity index (χ4v) is 2.36. The zero-order valence-corrected chi connectivity index (χ0v) is 10.3. The van der Waals surface area contributed by atoms with Gasteiger partial charge in [-0.2, -0.15) is 0 Å². The Morgan fingerprint density at radius 2 is 2.21 bits per heavy atom. The second kappa shape index (κ2) is 4.72. The third kappa shape index (κ3) is 2.16. The number of fused-ring (bicyclic) bond motifs is 1. The maximum Gasteiger partial charge on any atom is 0.309 e. The quantitative estimate of drug-likeness (QED) is 0.869. The molecule has 1 aliphatic heterocycles. The number of hydrogen-bond acceptors (Lipinski definition) is 4. The van der Waals surface area contributed by atoms with Gasteiger partial charge in [0.2, 0.25) is 5.95 Å². The van der Waals surface area contributed by atoms with Crippen LogP contribution in [0.15, 0.2) is 24.5 Å². The summed E-state index contributed by atoms with van der Waals surface area (Å²) < 4.78 is 1.97. The molecule has 0 saturated heterocycles. The Labute approximate surface area is 110 Å². The third-order valence-electron chi connectivity index (χ3n) is 3.19. The Balaban J connectivity index is 2.12. The minimum absolute atomic E-state index is 0.0215. The van der Waals surface area contributed by atoms with Gasteiger partial charge >= 0.3 is 5.97 Å². The number of imidazole rings is 1. The number of carbonyl (C=O) groups is 1. The van der Waals surface area contributed by atoms with Crippen LogP contribution in [0.1, 0.15) is 12.1 Å². The van der Waals surface area contributed by atoms with E-state index in [2.05, 4.69) is 15.3 Å². The molecule has 0 atom stereocenters. The molecule has 0 unspecified atom stereocenters. The number of anilines is 1. The molecule has 6 heteroatoms. The maximum atomic E-state index is 11.1. The Morgan fingerprint density at radius 1 is 1.42 bits per heavy atom. The molecule has 6 nitrogen and oxygen atoms in total. The summed E-state index contributed by atoms with van der Waals surface area (Å²) in [6.45, 7) is 1.68. The standard InChI is InChI=1S/C13H14N4O2/c18-11(19)8-10-12(9-2-5-14-6-3-9)16-13-15-4-1-7-17(10)13/h2-3,5-6H,1,4,7-8H2,(H,15,16)(H,18,19). The molecule has 0 amide bonds. The molecule has 2 N–H and O–H groups in total. The number of rotatable bonds is 3. The molecule has 19 heavy (non-hydrogen) atoms. The van der Waals surface area contributed by atoms with Crippen molar-refractivity contribution >= 4 is 11.9 Å². The van der Waals surface area contributed by atoms with E-state index in [-0.39, 0.29) is 6.42 Å². The molecule has 2 aromatic heterocycles. The summed E-state index contributed by atoms with van der Waals surface area (Å²) in [5.74, 6) is -0.0853. The van der Waals surface area contributed by atoms with Gasteiger partial charge in [0.05, 0.1) is 17.8 Å². The Morgan fingerprint density at radius 3 is 2.95 bits per heavy atom. The van der Waals surface area contributed by atoms with Gasteiger partial charge in [0.1, 0.15) is 0 Å². The number of aliphatic carboxylic acids is 1. The summed E-state index contributed by atoms with van der Waals surface area (Å²) >= 11 is 0. The summed E-state index contributed by atoms with van der Waals surface area (Å²) in [7, 11) is 0. The molecule has 1 aliphatic rings. The van der Waals surface area contributed by atoms with Gasteiger partial charge in [-0.05, 0) is 18.6 Å². The molecule has 3 rings (SSSR count). The van der Waals surface area contributed by atoms with Gasteiger partial charge < -0.3 is 15.0 Å². The second-order valence-electron chi connectivity index (χ2n) is 4.47. The molecular formula is C13H14N4O2. The van der Waals surface area contributed by atoms with Crippen LogP contribution in [-0.2, 0) is 17.8 Å². The van der Waals surface area contributed by atoms with Gasteiger partial charge in [-0.25, -0.2) is 4.98 Å². The summed E-state index contributed by atoms with van der Waals surface area (Å²) in [5.41, 5.74) is 2.38. The van der Waals surface area contributed by atoms with Gasteiger partial charge in [-0.1, -0.05) is 0 Å². The highest BCUT2D eigenvalue weighted by molar-refractivity contribution is 5.75. The first-order valence-corrected chi connectivity index (χ1v) is 6.21. The van der Waals surface area contributed by atoms with E-state index >= 15 is 0 Å². The Kier molecular flexibility index (Phi) is 2.91. The predicted octanol–water partition coefficient (Wildman–Crippen LogP) is 1.39. The van der Waals surface area contributed by atoms with Crippen LogP contribution in [0.5, 0.6) is 0 Å². The minimum atomic E-state index is -0.844. The number of aromatic nitrogens is 3. The Bertz CT molecular complexity index is 607. The largest absolute Gasteiger partial charge is 0.481 e. The van der Waals surface area contributed by atoms with Gasteiger partial charge in [0.15, 0.2) is 0 Å². The predicted molar refractivity (Wildman–Crippen MR) is 69.9 cm³/mol. The van der Waals surface area contributed by atoms with Crippen LogP contribution in [-0.4, -0.2) is 32.2 Å². The van der Waals surface area contributed by atoms with E-state index in [1.54, 1.807) is 12.4 Å². The molecule has 0 saturated carbocycles. The monoisotopic (exact) mass is 258 g/mol. The molecule has 0 fully saturated rings. The lowest BCUT2D eigenvalue weighted by Crippen LogP contribution is -2.19. The fourth-order valence-electron chi connectivity index (χ4n) is 2.36. The van der Waals surface area contributed by atoms with E-state index in [9.17, 15) is 4.79 Å². The Hall–Kier alpha value is -2.37. The van der Waals surface area contributed by atoms with Crippen molar-refractivity contribution < 1.29 is 9.90 Å². The first-order chi connectivity index (χ1) is 9.25. The first kappa shape index (κ1) is 11.7. The van der Waals surface area contributed by atoms with Crippen LogP contribution in [0.25, 0.3) is 11.3 Å². The molecule has 2 aromatic rings. The number of carboxylic acid groups (broad SMARTS) is 1. The van der Waals surface area contributed by atoms with Crippen molar-refractivity contribution in [3.05, 3.63) is 30.2 Å². The molecule has 0 bridgehead atoms. The molecule has 0 radical (unpaired) electrons. The van der Waals surface area contributed by atoms with Crippen molar-refractivity contribution in [2.24, 2.45) is 0 Å². The van der Waals surface area contributed by atoms with E-state index < -0.39 is 5.97 Å². The topological polar surface area (TPSA) is 80.0 Å². The molecule has 0 aromatic carbocycles. The highest BCUT2D eigenvalue weighted by atomic mass is 16.4. The van der Waals surface area contributed by atoms with E-state index in [1.165, 1.54) is 0 Å². The molecule has 98 valence electrons. The van der Waals surface area contributed by atoms with Crippen LogP contribution in [0.2, 0.25) is 0 Å². The number of pyridine rings is 1. The smallest absolute Gasteiger partial charge is 0.309 e. The number of nitrogens with zero attached hydrogens (tertiary/aromatic N) is 3. The van der Waals surface area contributed by atoms with Gasteiger partial charge in [0.25, 0.3) is 0 Å². The molecular weight excluding hydrogens is 244 g/mol. The number of carboxylic acids is 1.